The normalized spacial score (nSPS) is 30.0. The zero-order valence-corrected chi connectivity index (χ0v) is 7.34. The van der Waals surface area contributed by atoms with Gasteiger partial charge in [-0.2, -0.15) is 0 Å². The summed E-state index contributed by atoms with van der Waals surface area (Å²) in [5, 5.41) is 9.72. The van der Waals surface area contributed by atoms with E-state index in [0.29, 0.717) is 5.41 Å². The molecule has 2 aliphatic carbocycles. The van der Waals surface area contributed by atoms with Gasteiger partial charge >= 0.3 is 0 Å². The molecule has 0 spiro atoms. The van der Waals surface area contributed by atoms with Crippen LogP contribution in [0.4, 0.5) is 0 Å². The molecule has 0 heterocycles. The van der Waals surface area contributed by atoms with Gasteiger partial charge in [-0.05, 0) is 37.0 Å². The molecule has 0 aliphatic heterocycles. The van der Waals surface area contributed by atoms with E-state index >= 15 is 0 Å². The fourth-order valence-electron chi connectivity index (χ4n) is 1.68. The minimum atomic E-state index is 0.00287. The molecule has 0 radical (unpaired) electrons. The molecule has 0 amide bonds. The highest BCUT2D eigenvalue weighted by atomic mass is 16.3. The predicted molar refractivity (Wildman–Crippen MR) is 45.3 cm³/mol. The Morgan fingerprint density at radius 1 is 1.45 bits per heavy atom. The molecule has 2 rings (SSSR count). The Hall–Kier alpha value is -0.0400. The molecule has 1 nitrogen and oxygen atoms in total. The third-order valence-electron chi connectivity index (χ3n) is 3.39. The minimum Gasteiger partial charge on any atom is -0.393 e. The second-order valence-electron chi connectivity index (χ2n) is 4.69. The summed E-state index contributed by atoms with van der Waals surface area (Å²) in [5.74, 6) is 0.979. The van der Waals surface area contributed by atoms with Gasteiger partial charge in [-0.15, -0.1) is 0 Å². The van der Waals surface area contributed by atoms with Crippen molar-refractivity contribution in [1.29, 1.82) is 0 Å². The van der Waals surface area contributed by atoms with Crippen LogP contribution < -0.4 is 0 Å². The lowest BCUT2D eigenvalue weighted by atomic mass is 9.97. The van der Waals surface area contributed by atoms with E-state index in [4.69, 9.17) is 0 Å². The van der Waals surface area contributed by atoms with Gasteiger partial charge in [-0.25, -0.2) is 0 Å². The molecule has 0 aromatic carbocycles. The van der Waals surface area contributed by atoms with Crippen molar-refractivity contribution in [3.05, 3.63) is 0 Å². The maximum atomic E-state index is 9.72. The second-order valence-corrected chi connectivity index (χ2v) is 4.69. The lowest BCUT2D eigenvalue weighted by Crippen LogP contribution is -2.18. The fraction of sp³-hybridized carbons (Fsp3) is 1.00. The first-order valence-electron chi connectivity index (χ1n) is 4.89. The van der Waals surface area contributed by atoms with Gasteiger partial charge in [0.2, 0.25) is 0 Å². The third kappa shape index (κ3) is 1.76. The monoisotopic (exact) mass is 154 g/mol. The van der Waals surface area contributed by atoms with Crippen molar-refractivity contribution < 1.29 is 5.11 Å². The first-order valence-corrected chi connectivity index (χ1v) is 4.89. The molecule has 64 valence electrons. The van der Waals surface area contributed by atoms with Gasteiger partial charge in [0.05, 0.1) is 6.10 Å². The third-order valence-corrected chi connectivity index (χ3v) is 3.39. The fourth-order valence-corrected chi connectivity index (χ4v) is 1.68. The minimum absolute atomic E-state index is 0.00287. The van der Waals surface area contributed by atoms with Crippen molar-refractivity contribution in [2.24, 2.45) is 11.3 Å². The van der Waals surface area contributed by atoms with Crippen molar-refractivity contribution in [3.8, 4) is 0 Å². The summed E-state index contributed by atoms with van der Waals surface area (Å²) >= 11 is 0. The standard InChI is InChI=1S/C10H18O/c1-10(6-7-10)9(11)5-4-8-2-3-8/h8-9,11H,2-7H2,1H3. The van der Waals surface area contributed by atoms with Crippen LogP contribution in [0.2, 0.25) is 0 Å². The van der Waals surface area contributed by atoms with Crippen molar-refractivity contribution >= 4 is 0 Å². The summed E-state index contributed by atoms with van der Waals surface area (Å²) in [5.41, 5.74) is 0.328. The van der Waals surface area contributed by atoms with Gasteiger partial charge in [0.1, 0.15) is 0 Å². The summed E-state index contributed by atoms with van der Waals surface area (Å²) in [6, 6.07) is 0. The topological polar surface area (TPSA) is 20.2 Å². The van der Waals surface area contributed by atoms with Gasteiger partial charge in [0.25, 0.3) is 0 Å². The lowest BCUT2D eigenvalue weighted by molar-refractivity contribution is 0.0905. The number of hydrogen-bond acceptors (Lipinski definition) is 1. The van der Waals surface area contributed by atoms with Crippen LogP contribution >= 0.6 is 0 Å². The van der Waals surface area contributed by atoms with E-state index in [9.17, 15) is 5.11 Å². The zero-order chi connectivity index (χ0) is 7.90. The highest BCUT2D eigenvalue weighted by Gasteiger charge is 2.44. The average Bonchev–Trinajstić information content (AvgIpc) is 2.79. The van der Waals surface area contributed by atoms with Crippen molar-refractivity contribution in [2.45, 2.75) is 51.6 Å². The molecule has 2 fully saturated rings. The zero-order valence-electron chi connectivity index (χ0n) is 7.34. The molecule has 1 N–H and O–H groups in total. The van der Waals surface area contributed by atoms with Crippen LogP contribution in [-0.4, -0.2) is 11.2 Å². The van der Waals surface area contributed by atoms with Crippen molar-refractivity contribution in [1.82, 2.24) is 0 Å². The van der Waals surface area contributed by atoms with E-state index in [1.807, 2.05) is 0 Å². The van der Waals surface area contributed by atoms with Crippen LogP contribution in [0.15, 0.2) is 0 Å². The Bertz CT molecular complexity index is 145. The quantitative estimate of drug-likeness (QED) is 0.659. The Morgan fingerprint density at radius 2 is 2.09 bits per heavy atom. The Kier molecular flexibility index (Phi) is 1.71. The van der Waals surface area contributed by atoms with E-state index in [2.05, 4.69) is 6.92 Å². The van der Waals surface area contributed by atoms with E-state index in [0.717, 1.165) is 12.3 Å². The van der Waals surface area contributed by atoms with Crippen LogP contribution in [0.25, 0.3) is 0 Å². The van der Waals surface area contributed by atoms with Gasteiger partial charge < -0.3 is 5.11 Å². The highest BCUT2D eigenvalue weighted by molar-refractivity contribution is 4.95. The van der Waals surface area contributed by atoms with Gasteiger partial charge in [0.15, 0.2) is 0 Å². The molecule has 1 heteroatoms. The molecule has 1 unspecified atom stereocenters. The summed E-state index contributed by atoms with van der Waals surface area (Å²) in [4.78, 5) is 0. The maximum absolute atomic E-state index is 9.72. The van der Waals surface area contributed by atoms with Gasteiger partial charge in [-0.1, -0.05) is 19.8 Å². The lowest BCUT2D eigenvalue weighted by Gasteiger charge is -2.16. The van der Waals surface area contributed by atoms with Crippen LogP contribution in [0.5, 0.6) is 0 Å². The van der Waals surface area contributed by atoms with Crippen LogP contribution in [0.1, 0.15) is 45.4 Å². The first kappa shape index (κ1) is 7.60. The molecule has 2 saturated carbocycles. The SMILES string of the molecule is CC1(C(O)CCC2CC2)CC1. The Balaban J connectivity index is 1.68. The smallest absolute Gasteiger partial charge is 0.0593 e. The van der Waals surface area contributed by atoms with E-state index in [1.165, 1.54) is 32.1 Å². The summed E-state index contributed by atoms with van der Waals surface area (Å²) < 4.78 is 0. The average molecular weight is 154 g/mol. The summed E-state index contributed by atoms with van der Waals surface area (Å²) in [6.07, 6.45) is 7.67. The van der Waals surface area contributed by atoms with Crippen LogP contribution in [0, 0.1) is 11.3 Å². The molecule has 0 saturated heterocycles. The first-order chi connectivity index (χ1) is 5.21. The number of hydrogen-bond donors (Lipinski definition) is 1. The van der Waals surface area contributed by atoms with Gasteiger partial charge in [0, 0.05) is 0 Å². The molecule has 0 aromatic rings. The van der Waals surface area contributed by atoms with E-state index < -0.39 is 0 Å². The largest absolute Gasteiger partial charge is 0.393 e. The van der Waals surface area contributed by atoms with Gasteiger partial charge in [-0.3, -0.25) is 0 Å². The molecular weight excluding hydrogens is 136 g/mol. The van der Waals surface area contributed by atoms with Crippen molar-refractivity contribution in [2.75, 3.05) is 0 Å². The predicted octanol–water partition coefficient (Wildman–Crippen LogP) is 2.34. The molecule has 0 aromatic heterocycles. The molecular formula is C10H18O. The Morgan fingerprint density at radius 3 is 2.55 bits per heavy atom. The molecule has 0 bridgehead atoms. The summed E-state index contributed by atoms with van der Waals surface area (Å²) in [6.45, 7) is 2.21. The summed E-state index contributed by atoms with van der Waals surface area (Å²) in [7, 11) is 0. The number of rotatable bonds is 4. The molecule has 2 aliphatic rings. The second kappa shape index (κ2) is 2.48. The maximum Gasteiger partial charge on any atom is 0.0593 e. The number of aliphatic hydroxyl groups is 1. The van der Waals surface area contributed by atoms with Crippen LogP contribution in [-0.2, 0) is 0 Å². The Labute approximate surface area is 68.8 Å². The van der Waals surface area contributed by atoms with E-state index in [1.54, 1.807) is 0 Å². The highest BCUT2D eigenvalue weighted by Crippen LogP contribution is 2.50. The van der Waals surface area contributed by atoms with E-state index in [-0.39, 0.29) is 6.10 Å². The van der Waals surface area contributed by atoms with Crippen LogP contribution in [0.3, 0.4) is 0 Å². The molecule has 1 atom stereocenters. The number of aliphatic hydroxyl groups excluding tert-OH is 1. The van der Waals surface area contributed by atoms with Crippen molar-refractivity contribution in [3.63, 3.8) is 0 Å². The molecule has 11 heavy (non-hydrogen) atoms.